The molecule has 0 unspecified atom stereocenters. The summed E-state index contributed by atoms with van der Waals surface area (Å²) >= 11 is 0. The number of aryl methyl sites for hydroxylation is 1. The van der Waals surface area contributed by atoms with Gasteiger partial charge < -0.3 is 5.32 Å². The van der Waals surface area contributed by atoms with Crippen molar-refractivity contribution < 1.29 is 4.79 Å². The Morgan fingerprint density at radius 3 is 2.50 bits per heavy atom. The van der Waals surface area contributed by atoms with Gasteiger partial charge in [-0.25, -0.2) is 4.68 Å². The summed E-state index contributed by atoms with van der Waals surface area (Å²) in [5, 5.41) is 7.06. The highest BCUT2D eigenvalue weighted by Gasteiger charge is 2.04. The first-order valence-corrected chi connectivity index (χ1v) is 7.10. The van der Waals surface area contributed by atoms with Gasteiger partial charge in [-0.3, -0.25) is 9.78 Å². The van der Waals surface area contributed by atoms with Gasteiger partial charge in [-0.2, -0.15) is 5.10 Å². The number of nitrogens with one attached hydrogen (secondary N) is 1. The van der Waals surface area contributed by atoms with Crippen molar-refractivity contribution in [1.29, 1.82) is 0 Å². The molecule has 110 valence electrons. The van der Waals surface area contributed by atoms with Crippen molar-refractivity contribution in [2.45, 2.75) is 12.8 Å². The molecule has 22 heavy (non-hydrogen) atoms. The molecule has 2 heterocycles. The average Bonchev–Trinajstić information content (AvgIpc) is 3.09. The number of aromatic nitrogens is 3. The number of carbonyl (C=O) groups excluding carboxylic acids is 1. The molecule has 0 radical (unpaired) electrons. The zero-order valence-corrected chi connectivity index (χ0v) is 12.0. The van der Waals surface area contributed by atoms with E-state index in [1.54, 1.807) is 23.3 Å². The fraction of sp³-hybridized carbons (Fsp3) is 0.118. The predicted molar refractivity (Wildman–Crippen MR) is 84.8 cm³/mol. The first-order valence-electron chi connectivity index (χ1n) is 7.10. The molecule has 0 fully saturated rings. The van der Waals surface area contributed by atoms with Gasteiger partial charge in [0, 0.05) is 36.9 Å². The highest BCUT2D eigenvalue weighted by molar-refractivity contribution is 5.90. The van der Waals surface area contributed by atoms with Crippen LogP contribution in [-0.4, -0.2) is 20.7 Å². The minimum absolute atomic E-state index is 0.00338. The van der Waals surface area contributed by atoms with E-state index in [9.17, 15) is 4.79 Å². The third kappa shape index (κ3) is 3.58. The van der Waals surface area contributed by atoms with Gasteiger partial charge in [-0.05, 0) is 54.4 Å². The summed E-state index contributed by atoms with van der Waals surface area (Å²) in [5.74, 6) is 0.00338. The lowest BCUT2D eigenvalue weighted by Gasteiger charge is -2.07. The quantitative estimate of drug-likeness (QED) is 0.786. The van der Waals surface area contributed by atoms with Crippen LogP contribution in [-0.2, 0) is 11.2 Å². The highest BCUT2D eigenvalue weighted by atomic mass is 16.1. The van der Waals surface area contributed by atoms with Crippen LogP contribution in [0.4, 0.5) is 5.69 Å². The smallest absolute Gasteiger partial charge is 0.224 e. The second kappa shape index (κ2) is 6.67. The minimum Gasteiger partial charge on any atom is -0.326 e. The minimum atomic E-state index is 0.00338. The molecule has 0 atom stereocenters. The molecule has 0 bridgehead atoms. The molecule has 2 aromatic heterocycles. The van der Waals surface area contributed by atoms with Crippen molar-refractivity contribution in [2.75, 3.05) is 5.32 Å². The van der Waals surface area contributed by atoms with Gasteiger partial charge in [0.1, 0.15) is 0 Å². The largest absolute Gasteiger partial charge is 0.326 e. The summed E-state index contributed by atoms with van der Waals surface area (Å²) in [5.41, 5.74) is 2.86. The summed E-state index contributed by atoms with van der Waals surface area (Å²) in [6.07, 6.45) is 8.24. The fourth-order valence-electron chi connectivity index (χ4n) is 2.15. The Hall–Kier alpha value is -2.95. The lowest BCUT2D eigenvalue weighted by atomic mass is 10.1. The molecule has 1 N–H and O–H groups in total. The van der Waals surface area contributed by atoms with Crippen LogP contribution >= 0.6 is 0 Å². The summed E-state index contributed by atoms with van der Waals surface area (Å²) in [6, 6.07) is 13.3. The number of carbonyl (C=O) groups is 1. The average molecular weight is 292 g/mol. The number of benzene rings is 1. The van der Waals surface area contributed by atoms with E-state index in [0.717, 1.165) is 16.9 Å². The topological polar surface area (TPSA) is 59.8 Å². The van der Waals surface area contributed by atoms with Crippen LogP contribution in [0, 0.1) is 0 Å². The molecule has 0 aliphatic carbocycles. The highest BCUT2D eigenvalue weighted by Crippen LogP contribution is 2.13. The van der Waals surface area contributed by atoms with E-state index < -0.39 is 0 Å². The van der Waals surface area contributed by atoms with Gasteiger partial charge in [0.25, 0.3) is 0 Å². The lowest BCUT2D eigenvalue weighted by molar-refractivity contribution is -0.116. The molecule has 5 nitrogen and oxygen atoms in total. The number of pyridine rings is 1. The Kier molecular flexibility index (Phi) is 4.25. The standard InChI is InChI=1S/C17H16N4O/c22-17(7-2-14-8-11-18-12-9-14)20-15-3-5-16(6-4-15)21-13-1-10-19-21/h1,3-6,8-13H,2,7H2,(H,20,22). The molecule has 3 aromatic rings. The van der Waals surface area contributed by atoms with E-state index >= 15 is 0 Å². The summed E-state index contributed by atoms with van der Waals surface area (Å²) < 4.78 is 1.77. The normalized spacial score (nSPS) is 10.4. The number of anilines is 1. The van der Waals surface area contributed by atoms with Crippen molar-refractivity contribution >= 4 is 11.6 Å². The van der Waals surface area contributed by atoms with Gasteiger partial charge in [-0.1, -0.05) is 0 Å². The van der Waals surface area contributed by atoms with Crippen LogP contribution < -0.4 is 5.32 Å². The Labute approximate surface area is 128 Å². The van der Waals surface area contributed by atoms with Crippen molar-refractivity contribution in [3.05, 3.63) is 72.8 Å². The predicted octanol–water partition coefficient (Wildman–Crippen LogP) is 2.84. The molecular formula is C17H16N4O. The van der Waals surface area contributed by atoms with Crippen LogP contribution in [0.2, 0.25) is 0 Å². The van der Waals surface area contributed by atoms with Crippen molar-refractivity contribution in [2.24, 2.45) is 0 Å². The van der Waals surface area contributed by atoms with Gasteiger partial charge in [-0.15, -0.1) is 0 Å². The maximum atomic E-state index is 12.0. The molecule has 0 saturated carbocycles. The lowest BCUT2D eigenvalue weighted by Crippen LogP contribution is -2.12. The zero-order chi connectivity index (χ0) is 15.2. The molecule has 1 amide bonds. The van der Waals surface area contributed by atoms with Gasteiger partial charge in [0.2, 0.25) is 5.91 Å². The second-order valence-electron chi connectivity index (χ2n) is 4.90. The van der Waals surface area contributed by atoms with Crippen LogP contribution in [0.1, 0.15) is 12.0 Å². The first kappa shape index (κ1) is 14.0. The monoisotopic (exact) mass is 292 g/mol. The summed E-state index contributed by atoms with van der Waals surface area (Å²) in [6.45, 7) is 0. The van der Waals surface area contributed by atoms with Crippen molar-refractivity contribution in [3.8, 4) is 5.69 Å². The number of amides is 1. The number of hydrogen-bond acceptors (Lipinski definition) is 3. The van der Waals surface area contributed by atoms with Crippen LogP contribution in [0.15, 0.2) is 67.3 Å². The Morgan fingerprint density at radius 2 is 1.82 bits per heavy atom. The molecule has 3 rings (SSSR count). The number of hydrogen-bond donors (Lipinski definition) is 1. The molecule has 0 saturated heterocycles. The van der Waals surface area contributed by atoms with Gasteiger partial charge in [0.05, 0.1) is 5.69 Å². The molecule has 1 aromatic carbocycles. The maximum Gasteiger partial charge on any atom is 0.224 e. The van der Waals surface area contributed by atoms with Crippen molar-refractivity contribution in [3.63, 3.8) is 0 Å². The SMILES string of the molecule is O=C(CCc1ccncc1)Nc1ccc(-n2cccn2)cc1. The second-order valence-corrected chi connectivity index (χ2v) is 4.90. The Balaban J connectivity index is 1.55. The fourth-order valence-corrected chi connectivity index (χ4v) is 2.15. The maximum absolute atomic E-state index is 12.0. The molecule has 5 heteroatoms. The molecular weight excluding hydrogens is 276 g/mol. The van der Waals surface area contributed by atoms with Crippen molar-refractivity contribution in [1.82, 2.24) is 14.8 Å². The van der Waals surface area contributed by atoms with E-state index in [4.69, 9.17) is 0 Å². The number of nitrogens with zero attached hydrogens (tertiary/aromatic N) is 3. The van der Waals surface area contributed by atoms with E-state index in [0.29, 0.717) is 12.8 Å². The van der Waals surface area contributed by atoms with E-state index in [-0.39, 0.29) is 5.91 Å². The van der Waals surface area contributed by atoms with E-state index in [1.165, 1.54) is 0 Å². The van der Waals surface area contributed by atoms with Crippen LogP contribution in [0.25, 0.3) is 5.69 Å². The molecule has 0 spiro atoms. The van der Waals surface area contributed by atoms with Gasteiger partial charge in [0.15, 0.2) is 0 Å². The third-order valence-electron chi connectivity index (χ3n) is 3.31. The van der Waals surface area contributed by atoms with Crippen LogP contribution in [0.3, 0.4) is 0 Å². The summed E-state index contributed by atoms with van der Waals surface area (Å²) in [4.78, 5) is 15.9. The molecule has 0 aliphatic heterocycles. The third-order valence-corrected chi connectivity index (χ3v) is 3.31. The summed E-state index contributed by atoms with van der Waals surface area (Å²) in [7, 11) is 0. The Bertz CT molecular complexity index is 721. The Morgan fingerprint density at radius 1 is 1.05 bits per heavy atom. The zero-order valence-electron chi connectivity index (χ0n) is 12.0. The van der Waals surface area contributed by atoms with Crippen LogP contribution in [0.5, 0.6) is 0 Å². The molecule has 0 aliphatic rings. The van der Waals surface area contributed by atoms with Gasteiger partial charge >= 0.3 is 0 Å². The first-order chi connectivity index (χ1) is 10.8. The van der Waals surface area contributed by atoms with E-state index in [2.05, 4.69) is 15.4 Å². The number of rotatable bonds is 5. The van der Waals surface area contributed by atoms with E-state index in [1.807, 2.05) is 48.7 Å².